The lowest BCUT2D eigenvalue weighted by Gasteiger charge is -2.22. The van der Waals surface area contributed by atoms with Crippen LogP contribution in [0.2, 0.25) is 0 Å². The Morgan fingerprint density at radius 3 is 3.27 bits per heavy atom. The predicted octanol–water partition coefficient (Wildman–Crippen LogP) is 0.692. The molecule has 2 nitrogen and oxygen atoms in total. The average molecular weight is 151 g/mol. The minimum atomic E-state index is 0.101. The summed E-state index contributed by atoms with van der Waals surface area (Å²) >= 11 is 0. The van der Waals surface area contributed by atoms with E-state index in [4.69, 9.17) is 4.74 Å². The van der Waals surface area contributed by atoms with Crippen molar-refractivity contribution in [2.24, 2.45) is 5.92 Å². The first-order valence-electron chi connectivity index (χ1n) is 4.41. The lowest BCUT2D eigenvalue weighted by atomic mass is 9.82. The monoisotopic (exact) mass is 151 g/mol. The Kier molecular flexibility index (Phi) is 0.958. The topological polar surface area (TPSA) is 21.3 Å². The molecule has 3 aliphatic rings. The number of rotatable bonds is 0. The molecule has 0 aromatic carbocycles. The van der Waals surface area contributed by atoms with E-state index in [1.54, 1.807) is 0 Å². The molecular weight excluding hydrogens is 138 g/mol. The van der Waals surface area contributed by atoms with Gasteiger partial charge in [-0.05, 0) is 13.3 Å². The number of hydrogen-bond donors (Lipinski definition) is 1. The molecule has 0 radical (unpaired) electrons. The molecule has 3 aliphatic heterocycles. The highest BCUT2D eigenvalue weighted by molar-refractivity contribution is 5.25. The molecule has 2 heteroatoms. The van der Waals surface area contributed by atoms with Gasteiger partial charge in [-0.2, -0.15) is 0 Å². The summed E-state index contributed by atoms with van der Waals surface area (Å²) in [5.41, 5.74) is 0.101. The van der Waals surface area contributed by atoms with Gasteiger partial charge in [0.15, 0.2) is 0 Å². The fourth-order valence-corrected chi connectivity index (χ4v) is 2.74. The maximum Gasteiger partial charge on any atom is 0.104 e. The molecule has 0 saturated carbocycles. The Morgan fingerprint density at radius 1 is 1.64 bits per heavy atom. The van der Waals surface area contributed by atoms with Crippen LogP contribution in [0.25, 0.3) is 0 Å². The van der Waals surface area contributed by atoms with Crippen molar-refractivity contribution in [2.45, 2.75) is 31.1 Å². The number of fused-ring (bicyclic) bond motifs is 1. The molecule has 2 fully saturated rings. The van der Waals surface area contributed by atoms with Gasteiger partial charge < -0.3 is 10.1 Å². The summed E-state index contributed by atoms with van der Waals surface area (Å²) in [6, 6.07) is 0.643. The summed E-state index contributed by atoms with van der Waals surface area (Å²) in [4.78, 5) is 0. The lowest BCUT2D eigenvalue weighted by Crippen LogP contribution is -2.32. The normalized spacial score (nSPS) is 58.8. The Morgan fingerprint density at radius 2 is 2.55 bits per heavy atom. The lowest BCUT2D eigenvalue weighted by molar-refractivity contribution is 0.0325. The van der Waals surface area contributed by atoms with Crippen molar-refractivity contribution in [3.05, 3.63) is 12.2 Å². The van der Waals surface area contributed by atoms with Crippen molar-refractivity contribution < 1.29 is 4.74 Å². The molecule has 4 unspecified atom stereocenters. The van der Waals surface area contributed by atoms with E-state index >= 15 is 0 Å². The van der Waals surface area contributed by atoms with Crippen molar-refractivity contribution in [2.75, 3.05) is 6.54 Å². The molecule has 0 amide bonds. The third-order valence-corrected chi connectivity index (χ3v) is 3.38. The average Bonchev–Trinajstić information content (AvgIpc) is 2.62. The third-order valence-electron chi connectivity index (χ3n) is 3.38. The highest BCUT2D eigenvalue weighted by atomic mass is 16.5. The van der Waals surface area contributed by atoms with Gasteiger partial charge in [-0.1, -0.05) is 12.2 Å². The minimum absolute atomic E-state index is 0.101. The van der Waals surface area contributed by atoms with Gasteiger partial charge in [0.1, 0.15) is 5.60 Å². The van der Waals surface area contributed by atoms with Crippen LogP contribution in [0.1, 0.15) is 13.3 Å². The van der Waals surface area contributed by atoms with E-state index in [1.165, 1.54) is 6.42 Å². The first-order chi connectivity index (χ1) is 5.30. The molecule has 2 bridgehead atoms. The van der Waals surface area contributed by atoms with Crippen LogP contribution in [0.5, 0.6) is 0 Å². The van der Waals surface area contributed by atoms with Crippen molar-refractivity contribution in [1.29, 1.82) is 0 Å². The van der Waals surface area contributed by atoms with Crippen LogP contribution in [-0.4, -0.2) is 24.3 Å². The van der Waals surface area contributed by atoms with Gasteiger partial charge in [0, 0.05) is 18.5 Å². The van der Waals surface area contributed by atoms with Crippen molar-refractivity contribution in [1.82, 2.24) is 5.32 Å². The second-order valence-corrected chi connectivity index (χ2v) is 3.98. The maximum absolute atomic E-state index is 5.88. The quantitative estimate of drug-likeness (QED) is 0.514. The van der Waals surface area contributed by atoms with Crippen molar-refractivity contribution in [3.63, 3.8) is 0 Å². The fourth-order valence-electron chi connectivity index (χ4n) is 2.74. The van der Waals surface area contributed by atoms with Gasteiger partial charge in [-0.15, -0.1) is 0 Å². The summed E-state index contributed by atoms with van der Waals surface area (Å²) in [5.74, 6) is 0.734. The van der Waals surface area contributed by atoms with Crippen LogP contribution in [0.3, 0.4) is 0 Å². The van der Waals surface area contributed by atoms with Crippen LogP contribution >= 0.6 is 0 Å². The number of ether oxygens (including phenoxy) is 1. The fraction of sp³-hybridized carbons (Fsp3) is 0.778. The van der Waals surface area contributed by atoms with Gasteiger partial charge in [0.05, 0.1) is 6.10 Å². The smallest absolute Gasteiger partial charge is 0.104 e. The summed E-state index contributed by atoms with van der Waals surface area (Å²) in [6.45, 7) is 3.28. The summed E-state index contributed by atoms with van der Waals surface area (Å²) in [6.07, 6.45) is 6.15. The van der Waals surface area contributed by atoms with Gasteiger partial charge >= 0.3 is 0 Å². The zero-order valence-electron chi connectivity index (χ0n) is 6.71. The number of hydrogen-bond acceptors (Lipinski definition) is 2. The Bertz CT molecular complexity index is 226. The maximum atomic E-state index is 5.88. The van der Waals surface area contributed by atoms with E-state index in [2.05, 4.69) is 24.4 Å². The van der Waals surface area contributed by atoms with Crippen molar-refractivity contribution >= 4 is 0 Å². The molecule has 1 spiro atoms. The van der Waals surface area contributed by atoms with Gasteiger partial charge in [0.25, 0.3) is 0 Å². The Labute approximate surface area is 66.6 Å². The molecule has 0 aromatic rings. The Hall–Kier alpha value is -0.340. The second-order valence-electron chi connectivity index (χ2n) is 3.98. The molecule has 1 N–H and O–H groups in total. The Balaban J connectivity index is 2.03. The predicted molar refractivity (Wildman–Crippen MR) is 42.3 cm³/mol. The molecule has 3 heterocycles. The molecular formula is C9H13NO. The highest BCUT2D eigenvalue weighted by Crippen LogP contribution is 2.47. The first kappa shape index (κ1) is 6.21. The van der Waals surface area contributed by atoms with E-state index in [-0.39, 0.29) is 5.60 Å². The van der Waals surface area contributed by atoms with Gasteiger partial charge in [0.2, 0.25) is 0 Å². The van der Waals surface area contributed by atoms with Crippen LogP contribution in [-0.2, 0) is 4.74 Å². The molecule has 4 atom stereocenters. The van der Waals surface area contributed by atoms with Gasteiger partial charge in [-0.3, -0.25) is 0 Å². The zero-order chi connectivity index (χ0) is 7.47. The molecule has 2 saturated heterocycles. The highest BCUT2D eigenvalue weighted by Gasteiger charge is 2.55. The second kappa shape index (κ2) is 1.70. The van der Waals surface area contributed by atoms with Gasteiger partial charge in [-0.25, -0.2) is 0 Å². The third kappa shape index (κ3) is 0.603. The number of nitrogens with one attached hydrogen (secondary N) is 1. The molecule has 11 heavy (non-hydrogen) atoms. The largest absolute Gasteiger partial charge is 0.362 e. The van der Waals surface area contributed by atoms with Crippen LogP contribution in [0.4, 0.5) is 0 Å². The molecule has 3 rings (SSSR count). The van der Waals surface area contributed by atoms with E-state index in [1.807, 2.05) is 0 Å². The van der Waals surface area contributed by atoms with Crippen molar-refractivity contribution in [3.8, 4) is 0 Å². The van der Waals surface area contributed by atoms with E-state index < -0.39 is 0 Å². The van der Waals surface area contributed by atoms with Crippen LogP contribution in [0.15, 0.2) is 12.2 Å². The van der Waals surface area contributed by atoms with Crippen LogP contribution in [0, 0.1) is 5.92 Å². The van der Waals surface area contributed by atoms with E-state index in [0.29, 0.717) is 12.1 Å². The standard InChI is InChI=1S/C9H13NO/c1-6-8-4-7-2-3-9(8,11-7)5-10-6/h2-3,6-8,10H,4-5H2,1H3. The zero-order valence-corrected chi connectivity index (χ0v) is 6.71. The molecule has 0 aromatic heterocycles. The van der Waals surface area contributed by atoms with E-state index in [0.717, 1.165) is 12.5 Å². The molecule has 60 valence electrons. The minimum Gasteiger partial charge on any atom is -0.362 e. The van der Waals surface area contributed by atoms with E-state index in [9.17, 15) is 0 Å². The summed E-state index contributed by atoms with van der Waals surface area (Å²) in [5, 5.41) is 3.46. The summed E-state index contributed by atoms with van der Waals surface area (Å²) < 4.78 is 5.88. The molecule has 0 aliphatic carbocycles. The first-order valence-corrected chi connectivity index (χ1v) is 4.41. The SMILES string of the molecule is CC1NCC23C=CC(CC12)O3. The van der Waals surface area contributed by atoms with Crippen LogP contribution < -0.4 is 5.32 Å². The summed E-state index contributed by atoms with van der Waals surface area (Å²) in [7, 11) is 0.